The third-order valence-electron chi connectivity index (χ3n) is 5.04. The zero-order valence-corrected chi connectivity index (χ0v) is 17.0. The van der Waals surface area contributed by atoms with E-state index in [2.05, 4.69) is 56.6 Å². The van der Waals surface area contributed by atoms with Crippen LogP contribution in [0.1, 0.15) is 16.2 Å². The van der Waals surface area contributed by atoms with Crippen LogP contribution in [0.3, 0.4) is 0 Å². The van der Waals surface area contributed by atoms with Crippen molar-refractivity contribution in [2.45, 2.75) is 25.6 Å². The Morgan fingerprint density at radius 3 is 2.70 bits per heavy atom. The highest BCUT2D eigenvalue weighted by atomic mass is 32.1. The molecule has 142 valence electrons. The SMILES string of the molecule is OCCC1CN(Cc2cnc(-c3ccccc3)s2)CCN1Cc1cccs1. The summed E-state index contributed by atoms with van der Waals surface area (Å²) in [5.74, 6) is 0. The van der Waals surface area contributed by atoms with E-state index < -0.39 is 0 Å². The van der Waals surface area contributed by atoms with E-state index in [0.29, 0.717) is 6.04 Å². The van der Waals surface area contributed by atoms with Crippen molar-refractivity contribution >= 4 is 22.7 Å². The van der Waals surface area contributed by atoms with Gasteiger partial charge in [0.15, 0.2) is 0 Å². The first-order chi connectivity index (χ1) is 13.3. The highest BCUT2D eigenvalue weighted by Gasteiger charge is 2.27. The second-order valence-corrected chi connectivity index (χ2v) is 9.10. The molecular formula is C21H25N3OS2. The van der Waals surface area contributed by atoms with Crippen LogP contribution < -0.4 is 0 Å². The summed E-state index contributed by atoms with van der Waals surface area (Å²) >= 11 is 3.60. The van der Waals surface area contributed by atoms with Gasteiger partial charge in [-0.25, -0.2) is 4.98 Å². The summed E-state index contributed by atoms with van der Waals surface area (Å²) in [6, 6.07) is 15.1. The highest BCUT2D eigenvalue weighted by Crippen LogP contribution is 2.27. The number of aliphatic hydroxyl groups is 1. The molecule has 0 saturated carbocycles. The second kappa shape index (κ2) is 9.08. The average molecular weight is 400 g/mol. The van der Waals surface area contributed by atoms with Crippen molar-refractivity contribution < 1.29 is 5.11 Å². The number of aromatic nitrogens is 1. The van der Waals surface area contributed by atoms with Gasteiger partial charge >= 0.3 is 0 Å². The molecule has 1 aliphatic rings. The molecule has 1 unspecified atom stereocenters. The van der Waals surface area contributed by atoms with Gasteiger partial charge < -0.3 is 5.11 Å². The first-order valence-corrected chi connectivity index (χ1v) is 11.1. The largest absolute Gasteiger partial charge is 0.396 e. The van der Waals surface area contributed by atoms with Crippen LogP contribution in [0.5, 0.6) is 0 Å². The van der Waals surface area contributed by atoms with Crippen molar-refractivity contribution in [2.75, 3.05) is 26.2 Å². The Morgan fingerprint density at radius 1 is 1.04 bits per heavy atom. The van der Waals surface area contributed by atoms with E-state index in [1.165, 1.54) is 15.3 Å². The Labute approximate surface area is 168 Å². The van der Waals surface area contributed by atoms with Gasteiger partial charge in [0.1, 0.15) is 5.01 Å². The summed E-state index contributed by atoms with van der Waals surface area (Å²) in [5.41, 5.74) is 1.19. The molecule has 1 aliphatic heterocycles. The summed E-state index contributed by atoms with van der Waals surface area (Å²) in [6.45, 7) is 5.30. The molecule has 1 fully saturated rings. The fourth-order valence-corrected chi connectivity index (χ4v) is 5.34. The van der Waals surface area contributed by atoms with Crippen LogP contribution in [-0.4, -0.2) is 52.2 Å². The maximum Gasteiger partial charge on any atom is 0.123 e. The minimum absolute atomic E-state index is 0.248. The lowest BCUT2D eigenvalue weighted by Crippen LogP contribution is -2.52. The normalized spacial score (nSPS) is 18.8. The van der Waals surface area contributed by atoms with E-state index >= 15 is 0 Å². The molecule has 0 aliphatic carbocycles. The fourth-order valence-electron chi connectivity index (χ4n) is 3.65. The van der Waals surface area contributed by atoms with Gasteiger partial charge in [-0.3, -0.25) is 9.80 Å². The topological polar surface area (TPSA) is 39.6 Å². The zero-order chi connectivity index (χ0) is 18.5. The third kappa shape index (κ3) is 4.83. The van der Waals surface area contributed by atoms with Crippen LogP contribution >= 0.6 is 22.7 Å². The molecule has 0 amide bonds. The van der Waals surface area contributed by atoms with E-state index in [1.807, 2.05) is 23.6 Å². The van der Waals surface area contributed by atoms with Crippen LogP contribution in [0, 0.1) is 0 Å². The van der Waals surface area contributed by atoms with Crippen LogP contribution in [-0.2, 0) is 13.1 Å². The molecule has 6 heteroatoms. The monoisotopic (exact) mass is 399 g/mol. The molecule has 3 aromatic rings. The molecule has 3 heterocycles. The summed E-state index contributed by atoms with van der Waals surface area (Å²) in [6.07, 6.45) is 2.85. The van der Waals surface area contributed by atoms with E-state index in [4.69, 9.17) is 0 Å². The number of thiazole rings is 1. The predicted molar refractivity (Wildman–Crippen MR) is 113 cm³/mol. The van der Waals surface area contributed by atoms with Crippen molar-refractivity contribution in [2.24, 2.45) is 0 Å². The summed E-state index contributed by atoms with van der Waals surface area (Å²) in [5, 5.41) is 12.7. The molecule has 1 saturated heterocycles. The second-order valence-electron chi connectivity index (χ2n) is 6.95. The molecule has 0 bridgehead atoms. The van der Waals surface area contributed by atoms with Crippen molar-refractivity contribution in [3.8, 4) is 10.6 Å². The van der Waals surface area contributed by atoms with E-state index in [1.54, 1.807) is 11.3 Å². The summed E-state index contributed by atoms with van der Waals surface area (Å²) in [4.78, 5) is 12.4. The molecule has 4 nitrogen and oxygen atoms in total. The van der Waals surface area contributed by atoms with Gasteiger partial charge in [0.25, 0.3) is 0 Å². The minimum atomic E-state index is 0.248. The van der Waals surface area contributed by atoms with E-state index in [9.17, 15) is 5.11 Å². The fraction of sp³-hybridized carbons (Fsp3) is 0.381. The van der Waals surface area contributed by atoms with Gasteiger partial charge in [-0.15, -0.1) is 22.7 Å². The first kappa shape index (κ1) is 18.8. The number of hydrogen-bond donors (Lipinski definition) is 1. The van der Waals surface area contributed by atoms with Gasteiger partial charge in [0, 0.05) is 66.9 Å². The Morgan fingerprint density at radius 2 is 1.93 bits per heavy atom. The smallest absolute Gasteiger partial charge is 0.123 e. The van der Waals surface area contributed by atoms with E-state index in [0.717, 1.165) is 44.2 Å². The number of rotatable bonds is 7. The van der Waals surface area contributed by atoms with Crippen LogP contribution in [0.15, 0.2) is 54.0 Å². The van der Waals surface area contributed by atoms with Crippen molar-refractivity contribution in [3.63, 3.8) is 0 Å². The Kier molecular flexibility index (Phi) is 6.32. The molecule has 0 spiro atoms. The quantitative estimate of drug-likeness (QED) is 0.653. The third-order valence-corrected chi connectivity index (χ3v) is 6.94. The Balaban J connectivity index is 1.38. The summed E-state index contributed by atoms with van der Waals surface area (Å²) < 4.78 is 0. The van der Waals surface area contributed by atoms with Gasteiger partial charge in [0.2, 0.25) is 0 Å². The number of nitrogens with zero attached hydrogens (tertiary/aromatic N) is 3. The van der Waals surface area contributed by atoms with Crippen molar-refractivity contribution in [1.82, 2.24) is 14.8 Å². The van der Waals surface area contributed by atoms with Gasteiger partial charge in [-0.2, -0.15) is 0 Å². The van der Waals surface area contributed by atoms with Crippen LogP contribution in [0.2, 0.25) is 0 Å². The molecule has 1 aromatic carbocycles. The predicted octanol–water partition coefficient (Wildman–Crippen LogP) is 3.94. The minimum Gasteiger partial charge on any atom is -0.396 e. The van der Waals surface area contributed by atoms with Gasteiger partial charge in [0.05, 0.1) is 0 Å². The van der Waals surface area contributed by atoms with Gasteiger partial charge in [-0.05, 0) is 17.9 Å². The van der Waals surface area contributed by atoms with Crippen molar-refractivity contribution in [1.29, 1.82) is 0 Å². The number of thiophene rings is 1. The molecule has 2 aromatic heterocycles. The number of hydrogen-bond acceptors (Lipinski definition) is 6. The molecule has 1 N–H and O–H groups in total. The lowest BCUT2D eigenvalue weighted by Gasteiger charge is -2.41. The maximum absolute atomic E-state index is 9.52. The van der Waals surface area contributed by atoms with E-state index in [-0.39, 0.29) is 6.61 Å². The highest BCUT2D eigenvalue weighted by molar-refractivity contribution is 7.15. The molecule has 4 rings (SSSR count). The Bertz CT molecular complexity index is 819. The van der Waals surface area contributed by atoms with Crippen molar-refractivity contribution in [3.05, 3.63) is 63.8 Å². The first-order valence-electron chi connectivity index (χ1n) is 9.41. The molecule has 0 radical (unpaired) electrons. The maximum atomic E-state index is 9.52. The number of aliphatic hydroxyl groups excluding tert-OH is 1. The van der Waals surface area contributed by atoms with Gasteiger partial charge in [-0.1, -0.05) is 36.4 Å². The van der Waals surface area contributed by atoms with Crippen LogP contribution in [0.25, 0.3) is 10.6 Å². The standard InChI is InChI=1S/C21H25N3OS2/c25-11-8-18-14-23(9-10-24(18)16-19-7-4-12-26-19)15-20-13-22-21(27-20)17-5-2-1-3-6-17/h1-7,12-13,18,25H,8-11,14-16H2. The zero-order valence-electron chi connectivity index (χ0n) is 15.3. The lowest BCUT2D eigenvalue weighted by atomic mass is 10.1. The molecule has 27 heavy (non-hydrogen) atoms. The number of benzene rings is 1. The molecule has 1 atom stereocenters. The Hall–Kier alpha value is -1.57. The average Bonchev–Trinajstić information content (AvgIpc) is 3.37. The lowest BCUT2D eigenvalue weighted by molar-refractivity contribution is 0.0511. The summed E-state index contributed by atoms with van der Waals surface area (Å²) in [7, 11) is 0. The molecular weight excluding hydrogens is 374 g/mol. The van der Waals surface area contributed by atoms with Crippen LogP contribution in [0.4, 0.5) is 0 Å². The number of piperazine rings is 1.